The van der Waals surface area contributed by atoms with Crippen molar-refractivity contribution in [3.05, 3.63) is 35.9 Å². The van der Waals surface area contributed by atoms with Crippen molar-refractivity contribution in [2.45, 2.75) is 38.6 Å². The highest BCUT2D eigenvalue weighted by Gasteiger charge is 2.22. The molecular weight excluding hydrogens is 212 g/mol. The van der Waals surface area contributed by atoms with Crippen LogP contribution in [0.3, 0.4) is 0 Å². The van der Waals surface area contributed by atoms with E-state index < -0.39 is 0 Å². The van der Waals surface area contributed by atoms with Crippen molar-refractivity contribution < 1.29 is 4.79 Å². The van der Waals surface area contributed by atoms with E-state index in [1.807, 2.05) is 37.3 Å². The summed E-state index contributed by atoms with van der Waals surface area (Å²) in [4.78, 5) is 11.9. The first-order valence-corrected chi connectivity index (χ1v) is 6.14. The molecule has 3 N–H and O–H groups in total. The Balaban J connectivity index is 2.54. The smallest absolute Gasteiger partial charge is 0.224 e. The Morgan fingerprint density at radius 2 is 2.00 bits per heavy atom. The molecule has 3 nitrogen and oxygen atoms in total. The lowest BCUT2D eigenvalue weighted by Crippen LogP contribution is -2.47. The SMILES string of the molecule is CCC(C)(CCN)NC(=O)Cc1ccccc1. The Morgan fingerprint density at radius 3 is 2.53 bits per heavy atom. The van der Waals surface area contributed by atoms with Crippen molar-refractivity contribution in [3.63, 3.8) is 0 Å². The van der Waals surface area contributed by atoms with Crippen LogP contribution in [0.5, 0.6) is 0 Å². The van der Waals surface area contributed by atoms with Crippen LogP contribution in [-0.2, 0) is 11.2 Å². The number of hydrogen-bond donors (Lipinski definition) is 2. The van der Waals surface area contributed by atoms with Crippen LogP contribution in [0.15, 0.2) is 30.3 Å². The molecule has 0 aliphatic heterocycles. The molecule has 3 heteroatoms. The predicted octanol–water partition coefficient (Wildman–Crippen LogP) is 1.86. The fraction of sp³-hybridized carbons (Fsp3) is 0.500. The first-order chi connectivity index (χ1) is 8.09. The minimum Gasteiger partial charge on any atom is -0.351 e. The summed E-state index contributed by atoms with van der Waals surface area (Å²) in [5, 5.41) is 3.07. The molecule has 0 bridgehead atoms. The summed E-state index contributed by atoms with van der Waals surface area (Å²) in [5.41, 5.74) is 6.43. The zero-order valence-corrected chi connectivity index (χ0v) is 10.7. The molecule has 0 aromatic heterocycles. The summed E-state index contributed by atoms with van der Waals surface area (Å²) < 4.78 is 0. The van der Waals surface area contributed by atoms with E-state index in [1.54, 1.807) is 0 Å². The first-order valence-electron chi connectivity index (χ1n) is 6.14. The van der Waals surface area contributed by atoms with Gasteiger partial charge >= 0.3 is 0 Å². The van der Waals surface area contributed by atoms with E-state index in [9.17, 15) is 4.79 Å². The Labute approximate surface area is 103 Å². The van der Waals surface area contributed by atoms with E-state index in [0.717, 1.165) is 18.4 Å². The van der Waals surface area contributed by atoms with E-state index in [-0.39, 0.29) is 11.4 Å². The Bertz CT molecular complexity index is 350. The van der Waals surface area contributed by atoms with Gasteiger partial charge in [-0.1, -0.05) is 37.3 Å². The minimum absolute atomic E-state index is 0.0639. The number of hydrogen-bond acceptors (Lipinski definition) is 2. The quantitative estimate of drug-likeness (QED) is 0.789. The molecule has 0 aliphatic rings. The third kappa shape index (κ3) is 4.57. The summed E-state index contributed by atoms with van der Waals surface area (Å²) in [6, 6.07) is 9.77. The molecule has 0 saturated carbocycles. The summed E-state index contributed by atoms with van der Waals surface area (Å²) in [6.07, 6.45) is 2.13. The second-order valence-corrected chi connectivity index (χ2v) is 4.66. The zero-order chi connectivity index (χ0) is 12.7. The van der Waals surface area contributed by atoms with Crippen molar-refractivity contribution in [3.8, 4) is 0 Å². The molecular formula is C14H22N2O. The fourth-order valence-corrected chi connectivity index (χ4v) is 1.81. The highest BCUT2D eigenvalue weighted by molar-refractivity contribution is 5.79. The molecule has 1 amide bonds. The number of carbonyl (C=O) groups is 1. The molecule has 0 spiro atoms. The second-order valence-electron chi connectivity index (χ2n) is 4.66. The third-order valence-corrected chi connectivity index (χ3v) is 3.13. The van der Waals surface area contributed by atoms with E-state index in [4.69, 9.17) is 5.73 Å². The molecule has 1 rings (SSSR count). The van der Waals surface area contributed by atoms with Gasteiger partial charge in [0.1, 0.15) is 0 Å². The normalized spacial score (nSPS) is 14.1. The molecule has 0 saturated heterocycles. The summed E-state index contributed by atoms with van der Waals surface area (Å²) in [7, 11) is 0. The van der Waals surface area contributed by atoms with Gasteiger partial charge < -0.3 is 11.1 Å². The van der Waals surface area contributed by atoms with Crippen molar-refractivity contribution >= 4 is 5.91 Å². The maximum absolute atomic E-state index is 11.9. The van der Waals surface area contributed by atoms with Gasteiger partial charge in [-0.05, 0) is 31.9 Å². The molecule has 0 aliphatic carbocycles. The third-order valence-electron chi connectivity index (χ3n) is 3.13. The van der Waals surface area contributed by atoms with Crippen LogP contribution in [0, 0.1) is 0 Å². The van der Waals surface area contributed by atoms with Crippen LogP contribution < -0.4 is 11.1 Å². The highest BCUT2D eigenvalue weighted by Crippen LogP contribution is 2.13. The van der Waals surface area contributed by atoms with Crippen molar-refractivity contribution in [2.75, 3.05) is 6.54 Å². The summed E-state index contributed by atoms with van der Waals surface area (Å²) in [6.45, 7) is 4.71. The van der Waals surface area contributed by atoms with Crippen molar-refractivity contribution in [1.82, 2.24) is 5.32 Å². The molecule has 1 atom stereocenters. The van der Waals surface area contributed by atoms with E-state index in [1.165, 1.54) is 0 Å². The first kappa shape index (κ1) is 13.7. The van der Waals surface area contributed by atoms with Gasteiger partial charge in [0.25, 0.3) is 0 Å². The van der Waals surface area contributed by atoms with Crippen LogP contribution in [-0.4, -0.2) is 18.0 Å². The molecule has 0 radical (unpaired) electrons. The average Bonchev–Trinajstić information content (AvgIpc) is 2.30. The van der Waals surface area contributed by atoms with Crippen LogP contribution in [0.25, 0.3) is 0 Å². The zero-order valence-electron chi connectivity index (χ0n) is 10.7. The van der Waals surface area contributed by atoms with Gasteiger partial charge in [0, 0.05) is 5.54 Å². The van der Waals surface area contributed by atoms with Gasteiger partial charge in [-0.25, -0.2) is 0 Å². The largest absolute Gasteiger partial charge is 0.351 e. The number of amides is 1. The minimum atomic E-state index is -0.180. The van der Waals surface area contributed by atoms with Crippen LogP contribution in [0.1, 0.15) is 32.3 Å². The predicted molar refractivity (Wildman–Crippen MR) is 70.7 cm³/mol. The number of carbonyl (C=O) groups excluding carboxylic acids is 1. The van der Waals surface area contributed by atoms with Gasteiger partial charge in [-0.15, -0.1) is 0 Å². The number of rotatable bonds is 6. The lowest BCUT2D eigenvalue weighted by molar-refractivity contribution is -0.122. The topological polar surface area (TPSA) is 55.1 Å². The maximum Gasteiger partial charge on any atom is 0.224 e. The molecule has 1 aromatic carbocycles. The Kier molecular flexibility index (Phi) is 5.16. The van der Waals surface area contributed by atoms with Crippen LogP contribution >= 0.6 is 0 Å². The standard InChI is InChI=1S/C14H22N2O/c1-3-14(2,9-10-15)16-13(17)11-12-7-5-4-6-8-12/h4-8H,3,9-11,15H2,1-2H3,(H,16,17). The lowest BCUT2D eigenvalue weighted by atomic mass is 9.94. The number of benzene rings is 1. The van der Waals surface area contributed by atoms with Gasteiger partial charge in [0.2, 0.25) is 5.91 Å². The van der Waals surface area contributed by atoms with Crippen molar-refractivity contribution in [2.24, 2.45) is 5.73 Å². The summed E-state index contributed by atoms with van der Waals surface area (Å²) in [5.74, 6) is 0.0639. The van der Waals surface area contributed by atoms with E-state index in [2.05, 4.69) is 12.2 Å². The molecule has 94 valence electrons. The van der Waals surface area contributed by atoms with Gasteiger partial charge in [0.05, 0.1) is 6.42 Å². The molecule has 17 heavy (non-hydrogen) atoms. The lowest BCUT2D eigenvalue weighted by Gasteiger charge is -2.29. The highest BCUT2D eigenvalue weighted by atomic mass is 16.1. The summed E-state index contributed by atoms with van der Waals surface area (Å²) >= 11 is 0. The average molecular weight is 234 g/mol. The fourth-order valence-electron chi connectivity index (χ4n) is 1.81. The van der Waals surface area contributed by atoms with Gasteiger partial charge in [-0.3, -0.25) is 4.79 Å². The maximum atomic E-state index is 11.9. The Hall–Kier alpha value is -1.35. The number of nitrogens with one attached hydrogen (secondary N) is 1. The molecule has 0 fully saturated rings. The van der Waals surface area contributed by atoms with Crippen molar-refractivity contribution in [1.29, 1.82) is 0 Å². The van der Waals surface area contributed by atoms with Gasteiger partial charge in [-0.2, -0.15) is 0 Å². The molecule has 1 unspecified atom stereocenters. The van der Waals surface area contributed by atoms with E-state index >= 15 is 0 Å². The second kappa shape index (κ2) is 6.40. The van der Waals surface area contributed by atoms with E-state index in [0.29, 0.717) is 13.0 Å². The Morgan fingerprint density at radius 1 is 1.35 bits per heavy atom. The molecule has 0 heterocycles. The van der Waals surface area contributed by atoms with Crippen LogP contribution in [0.4, 0.5) is 0 Å². The molecule has 1 aromatic rings. The number of nitrogens with two attached hydrogens (primary N) is 1. The monoisotopic (exact) mass is 234 g/mol. The van der Waals surface area contributed by atoms with Gasteiger partial charge in [0.15, 0.2) is 0 Å². The van der Waals surface area contributed by atoms with Crippen LogP contribution in [0.2, 0.25) is 0 Å².